The van der Waals surface area contributed by atoms with Gasteiger partial charge in [-0.15, -0.1) is 0 Å². The van der Waals surface area contributed by atoms with E-state index in [1.165, 1.54) is 0 Å². The molecule has 5 heteroatoms. The summed E-state index contributed by atoms with van der Waals surface area (Å²) in [4.78, 5) is 12.8. The molecule has 0 unspecified atom stereocenters. The Balaban J connectivity index is 2.50. The number of aliphatic hydroxyl groups excluding tert-OH is 1. The molecule has 17 heavy (non-hydrogen) atoms. The fourth-order valence-electron chi connectivity index (χ4n) is 1.47. The molecule has 5 nitrogen and oxygen atoms in total. The maximum absolute atomic E-state index is 9.38. The Hall–Kier alpha value is -1.75. The largest absolute Gasteiger partial charge is 0.395 e. The Morgan fingerprint density at radius 3 is 2.71 bits per heavy atom. The molecule has 2 rings (SSSR count). The van der Waals surface area contributed by atoms with Gasteiger partial charge >= 0.3 is 0 Å². The van der Waals surface area contributed by atoms with Gasteiger partial charge in [-0.2, -0.15) is 0 Å². The lowest BCUT2D eigenvalue weighted by atomic mass is 9.90. The topological polar surface area (TPSA) is 63.8 Å². The number of hydrogen-bond donors (Lipinski definition) is 1. The van der Waals surface area contributed by atoms with Crippen LogP contribution in [0.3, 0.4) is 0 Å². The maximum atomic E-state index is 9.38. The van der Waals surface area contributed by atoms with Gasteiger partial charge in [0.25, 0.3) is 0 Å². The summed E-state index contributed by atoms with van der Waals surface area (Å²) in [6.45, 7) is 5.87. The van der Waals surface area contributed by atoms with Gasteiger partial charge in [-0.1, -0.05) is 13.8 Å². The lowest BCUT2D eigenvalue weighted by molar-refractivity contribution is 0.215. The van der Waals surface area contributed by atoms with Gasteiger partial charge in [0, 0.05) is 23.5 Å². The second-order valence-electron chi connectivity index (χ2n) is 4.71. The van der Waals surface area contributed by atoms with Crippen LogP contribution in [-0.2, 0) is 5.41 Å². The van der Waals surface area contributed by atoms with Crippen LogP contribution in [0.5, 0.6) is 0 Å². The highest BCUT2D eigenvalue weighted by Gasteiger charge is 2.22. The van der Waals surface area contributed by atoms with Gasteiger partial charge in [0.15, 0.2) is 0 Å². The van der Waals surface area contributed by atoms with Crippen molar-refractivity contribution >= 4 is 0 Å². The molecule has 0 saturated heterocycles. The van der Waals surface area contributed by atoms with Gasteiger partial charge in [-0.25, -0.2) is 15.0 Å². The fourth-order valence-corrected chi connectivity index (χ4v) is 1.47. The predicted molar refractivity (Wildman–Crippen MR) is 64.0 cm³/mol. The number of imidazole rings is 1. The van der Waals surface area contributed by atoms with Gasteiger partial charge in [0.1, 0.15) is 6.33 Å². The highest BCUT2D eigenvalue weighted by Crippen LogP contribution is 2.21. The molecule has 0 fully saturated rings. The first kappa shape index (κ1) is 11.7. The van der Waals surface area contributed by atoms with Gasteiger partial charge in [0.05, 0.1) is 12.3 Å². The molecule has 1 N–H and O–H groups in total. The van der Waals surface area contributed by atoms with E-state index in [1.807, 2.05) is 26.8 Å². The van der Waals surface area contributed by atoms with Gasteiger partial charge in [0.2, 0.25) is 5.95 Å². The smallest absolute Gasteiger partial charge is 0.235 e. The summed E-state index contributed by atoms with van der Waals surface area (Å²) in [6.07, 6.45) is 5.14. The SMILES string of the molecule is Cc1cc(C(C)(C)CO)nc(-n2ccnc2)n1. The van der Waals surface area contributed by atoms with Crippen molar-refractivity contribution in [1.29, 1.82) is 0 Å². The van der Waals surface area contributed by atoms with Crippen molar-refractivity contribution in [2.24, 2.45) is 0 Å². The quantitative estimate of drug-likeness (QED) is 0.864. The third-order valence-electron chi connectivity index (χ3n) is 2.67. The van der Waals surface area contributed by atoms with Crippen molar-refractivity contribution in [2.75, 3.05) is 6.61 Å². The number of rotatable bonds is 3. The summed E-state index contributed by atoms with van der Waals surface area (Å²) in [5.41, 5.74) is 1.33. The molecule has 0 aliphatic carbocycles. The molecule has 90 valence electrons. The minimum Gasteiger partial charge on any atom is -0.395 e. The van der Waals surface area contributed by atoms with Crippen LogP contribution in [0.1, 0.15) is 25.2 Å². The van der Waals surface area contributed by atoms with Crippen LogP contribution in [0, 0.1) is 6.92 Å². The van der Waals surface area contributed by atoms with Crippen molar-refractivity contribution in [3.63, 3.8) is 0 Å². The van der Waals surface area contributed by atoms with Crippen LogP contribution < -0.4 is 0 Å². The normalized spacial score (nSPS) is 11.8. The van der Waals surface area contributed by atoms with Crippen molar-refractivity contribution in [1.82, 2.24) is 19.5 Å². The van der Waals surface area contributed by atoms with E-state index in [9.17, 15) is 5.11 Å². The van der Waals surface area contributed by atoms with E-state index < -0.39 is 0 Å². The van der Waals surface area contributed by atoms with Crippen molar-refractivity contribution in [3.8, 4) is 5.95 Å². The molecule has 2 aromatic heterocycles. The number of nitrogens with zero attached hydrogens (tertiary/aromatic N) is 4. The molecular weight excluding hydrogens is 216 g/mol. The zero-order chi connectivity index (χ0) is 12.5. The minimum absolute atomic E-state index is 0.0484. The second kappa shape index (κ2) is 4.25. The Kier molecular flexibility index (Phi) is 2.93. The van der Waals surface area contributed by atoms with Crippen LogP contribution in [0.25, 0.3) is 5.95 Å². The summed E-state index contributed by atoms with van der Waals surface area (Å²) < 4.78 is 1.75. The van der Waals surface area contributed by atoms with E-state index >= 15 is 0 Å². The first-order chi connectivity index (χ1) is 8.03. The van der Waals surface area contributed by atoms with E-state index in [2.05, 4.69) is 15.0 Å². The van der Waals surface area contributed by atoms with Crippen LogP contribution in [0.15, 0.2) is 24.8 Å². The highest BCUT2D eigenvalue weighted by atomic mass is 16.3. The van der Waals surface area contributed by atoms with Gasteiger partial charge < -0.3 is 5.11 Å². The zero-order valence-electron chi connectivity index (χ0n) is 10.3. The van der Waals surface area contributed by atoms with Crippen LogP contribution in [0.2, 0.25) is 0 Å². The molecule has 0 atom stereocenters. The van der Waals surface area contributed by atoms with Crippen molar-refractivity contribution in [2.45, 2.75) is 26.2 Å². The number of aliphatic hydroxyl groups is 1. The third kappa shape index (κ3) is 2.34. The fraction of sp³-hybridized carbons (Fsp3) is 0.417. The van der Waals surface area contributed by atoms with E-state index in [-0.39, 0.29) is 12.0 Å². The van der Waals surface area contributed by atoms with E-state index in [0.29, 0.717) is 5.95 Å². The van der Waals surface area contributed by atoms with E-state index in [4.69, 9.17) is 0 Å². The zero-order valence-corrected chi connectivity index (χ0v) is 10.3. The molecule has 0 saturated carbocycles. The molecule has 0 radical (unpaired) electrons. The maximum Gasteiger partial charge on any atom is 0.235 e. The van der Waals surface area contributed by atoms with E-state index in [1.54, 1.807) is 23.3 Å². The molecular formula is C12H16N4O. The number of hydrogen-bond acceptors (Lipinski definition) is 4. The molecule has 0 aliphatic heterocycles. The Labute approximate surface area is 100 Å². The van der Waals surface area contributed by atoms with Crippen molar-refractivity contribution in [3.05, 3.63) is 36.2 Å². The average Bonchev–Trinajstić information content (AvgIpc) is 2.81. The molecule has 0 aromatic carbocycles. The molecule has 2 aromatic rings. The number of aromatic nitrogens is 4. The summed E-state index contributed by atoms with van der Waals surface area (Å²) >= 11 is 0. The summed E-state index contributed by atoms with van der Waals surface area (Å²) in [5.74, 6) is 0.582. The van der Waals surface area contributed by atoms with Crippen LogP contribution in [0.4, 0.5) is 0 Å². The van der Waals surface area contributed by atoms with Crippen LogP contribution in [-0.4, -0.2) is 31.2 Å². The Bertz CT molecular complexity index is 505. The lowest BCUT2D eigenvalue weighted by Gasteiger charge is -2.21. The highest BCUT2D eigenvalue weighted by molar-refractivity contribution is 5.24. The summed E-state index contributed by atoms with van der Waals surface area (Å²) in [6, 6.07) is 1.90. The molecule has 2 heterocycles. The first-order valence-corrected chi connectivity index (χ1v) is 5.48. The molecule has 0 aliphatic rings. The standard InChI is InChI=1S/C12H16N4O/c1-9-6-10(12(2,3)7-17)15-11(14-9)16-5-4-13-8-16/h4-6,8,17H,7H2,1-3H3. The van der Waals surface area contributed by atoms with Gasteiger partial charge in [-0.3, -0.25) is 4.57 Å². The second-order valence-corrected chi connectivity index (χ2v) is 4.71. The van der Waals surface area contributed by atoms with E-state index in [0.717, 1.165) is 11.4 Å². The lowest BCUT2D eigenvalue weighted by Crippen LogP contribution is -2.24. The molecule has 0 bridgehead atoms. The minimum atomic E-state index is -0.372. The van der Waals surface area contributed by atoms with Gasteiger partial charge in [-0.05, 0) is 13.0 Å². The first-order valence-electron chi connectivity index (χ1n) is 5.48. The molecule has 0 spiro atoms. The molecule has 0 amide bonds. The monoisotopic (exact) mass is 232 g/mol. The number of aryl methyl sites for hydroxylation is 1. The van der Waals surface area contributed by atoms with Crippen LogP contribution >= 0.6 is 0 Å². The van der Waals surface area contributed by atoms with Crippen molar-refractivity contribution < 1.29 is 5.11 Å². The summed E-state index contributed by atoms with van der Waals surface area (Å²) in [5, 5.41) is 9.38. The predicted octanol–water partition coefficient (Wildman–Crippen LogP) is 1.24. The third-order valence-corrected chi connectivity index (χ3v) is 2.67. The average molecular weight is 232 g/mol. The Morgan fingerprint density at radius 1 is 1.35 bits per heavy atom. The Morgan fingerprint density at radius 2 is 2.12 bits per heavy atom. The summed E-state index contributed by atoms with van der Waals surface area (Å²) in [7, 11) is 0.